The number of thiophene rings is 1. The summed E-state index contributed by atoms with van der Waals surface area (Å²) in [6, 6.07) is 8.69. The predicted molar refractivity (Wildman–Crippen MR) is 116 cm³/mol. The Labute approximate surface area is 166 Å². The molecule has 3 rings (SSSR count). The van der Waals surface area contributed by atoms with E-state index in [0.717, 1.165) is 49.3 Å². The van der Waals surface area contributed by atoms with Crippen LogP contribution in [0.5, 0.6) is 0 Å². The quantitative estimate of drug-likeness (QED) is 0.586. The molecule has 6 heteroatoms. The summed E-state index contributed by atoms with van der Waals surface area (Å²) >= 11 is 1.86. The molecule has 0 aliphatic carbocycles. The van der Waals surface area contributed by atoms with E-state index in [1.165, 1.54) is 22.6 Å². The second kappa shape index (κ2) is 9.74. The first kappa shape index (κ1) is 19.7. The Bertz CT molecular complexity index is 729. The van der Waals surface area contributed by atoms with Crippen molar-refractivity contribution in [2.45, 2.75) is 46.2 Å². The molecule has 1 saturated heterocycles. The summed E-state index contributed by atoms with van der Waals surface area (Å²) in [7, 11) is 1.81. The minimum Gasteiger partial charge on any atom is -0.357 e. The highest BCUT2D eigenvalue weighted by molar-refractivity contribution is 7.11. The van der Waals surface area contributed by atoms with Crippen molar-refractivity contribution in [2.75, 3.05) is 25.0 Å². The highest BCUT2D eigenvalue weighted by Crippen LogP contribution is 2.21. The van der Waals surface area contributed by atoms with E-state index in [1.807, 2.05) is 17.5 Å². The van der Waals surface area contributed by atoms with Crippen molar-refractivity contribution >= 4 is 23.1 Å². The number of aryl methyl sites for hydroxylation is 1. The standard InChI is InChI=1S/C21H31N5S/c1-4-18-6-7-19(27-18)15-25-21(22-3)24-14-17-5-8-20(23-13-17)26-11-9-16(2)10-12-26/h5-8,13,16H,4,9-12,14-15H2,1-3H3,(H2,22,24,25). The number of hydrogen-bond acceptors (Lipinski definition) is 4. The van der Waals surface area contributed by atoms with Crippen molar-refractivity contribution in [3.05, 3.63) is 45.8 Å². The van der Waals surface area contributed by atoms with Crippen LogP contribution >= 0.6 is 11.3 Å². The third kappa shape index (κ3) is 5.70. The van der Waals surface area contributed by atoms with Gasteiger partial charge in [-0.15, -0.1) is 11.3 Å². The van der Waals surface area contributed by atoms with Crippen molar-refractivity contribution in [3.63, 3.8) is 0 Å². The molecular weight excluding hydrogens is 354 g/mol. The zero-order valence-corrected chi connectivity index (χ0v) is 17.5. The van der Waals surface area contributed by atoms with Gasteiger partial charge in [-0.1, -0.05) is 19.9 Å². The molecule has 5 nitrogen and oxygen atoms in total. The fourth-order valence-electron chi connectivity index (χ4n) is 3.23. The van der Waals surface area contributed by atoms with Crippen LogP contribution in [0.4, 0.5) is 5.82 Å². The van der Waals surface area contributed by atoms with Crippen LogP contribution in [0.25, 0.3) is 0 Å². The van der Waals surface area contributed by atoms with Gasteiger partial charge >= 0.3 is 0 Å². The molecule has 2 aromatic heterocycles. The van der Waals surface area contributed by atoms with Gasteiger partial charge in [0.25, 0.3) is 0 Å². The van der Waals surface area contributed by atoms with Crippen LogP contribution in [0.2, 0.25) is 0 Å². The van der Waals surface area contributed by atoms with E-state index in [-0.39, 0.29) is 0 Å². The largest absolute Gasteiger partial charge is 0.357 e. The van der Waals surface area contributed by atoms with Gasteiger partial charge in [0, 0.05) is 42.6 Å². The van der Waals surface area contributed by atoms with E-state index in [4.69, 9.17) is 0 Å². The molecule has 2 N–H and O–H groups in total. The van der Waals surface area contributed by atoms with Crippen molar-refractivity contribution in [1.82, 2.24) is 15.6 Å². The van der Waals surface area contributed by atoms with Crippen LogP contribution in [0, 0.1) is 5.92 Å². The van der Waals surface area contributed by atoms with E-state index >= 15 is 0 Å². The van der Waals surface area contributed by atoms with Gasteiger partial charge in [-0.3, -0.25) is 4.99 Å². The number of guanidine groups is 1. The smallest absolute Gasteiger partial charge is 0.191 e. The molecule has 146 valence electrons. The van der Waals surface area contributed by atoms with Crippen LogP contribution in [-0.2, 0) is 19.5 Å². The minimum absolute atomic E-state index is 0.717. The molecule has 0 amide bonds. The van der Waals surface area contributed by atoms with E-state index in [2.05, 4.69) is 63.6 Å². The summed E-state index contributed by atoms with van der Waals surface area (Å²) in [6.07, 6.45) is 5.59. The maximum atomic E-state index is 4.66. The Morgan fingerprint density at radius 2 is 1.89 bits per heavy atom. The number of rotatable bonds is 6. The van der Waals surface area contributed by atoms with Gasteiger partial charge in [-0.2, -0.15) is 0 Å². The van der Waals surface area contributed by atoms with E-state index in [9.17, 15) is 0 Å². The summed E-state index contributed by atoms with van der Waals surface area (Å²) in [5, 5.41) is 6.75. The first-order valence-electron chi connectivity index (χ1n) is 9.90. The fourth-order valence-corrected chi connectivity index (χ4v) is 4.13. The van der Waals surface area contributed by atoms with Gasteiger partial charge in [-0.25, -0.2) is 4.98 Å². The number of aromatic nitrogens is 1. The van der Waals surface area contributed by atoms with Gasteiger partial charge in [0.05, 0.1) is 6.54 Å². The number of pyridine rings is 1. The molecule has 0 radical (unpaired) electrons. The first-order valence-corrected chi connectivity index (χ1v) is 10.7. The van der Waals surface area contributed by atoms with Gasteiger partial charge < -0.3 is 15.5 Å². The maximum Gasteiger partial charge on any atom is 0.191 e. The Morgan fingerprint density at radius 3 is 2.52 bits per heavy atom. The monoisotopic (exact) mass is 385 g/mol. The Balaban J connectivity index is 1.46. The minimum atomic E-state index is 0.717. The predicted octanol–water partition coefficient (Wildman–Crippen LogP) is 3.81. The average molecular weight is 386 g/mol. The number of nitrogens with one attached hydrogen (secondary N) is 2. The van der Waals surface area contributed by atoms with Gasteiger partial charge in [0.2, 0.25) is 0 Å². The third-order valence-electron chi connectivity index (χ3n) is 5.10. The second-order valence-electron chi connectivity index (χ2n) is 7.20. The molecule has 27 heavy (non-hydrogen) atoms. The van der Waals surface area contributed by atoms with Crippen LogP contribution < -0.4 is 15.5 Å². The molecule has 1 aliphatic rings. The van der Waals surface area contributed by atoms with E-state index in [1.54, 1.807) is 7.05 Å². The van der Waals surface area contributed by atoms with Crippen molar-refractivity contribution in [3.8, 4) is 0 Å². The van der Waals surface area contributed by atoms with E-state index in [0.29, 0.717) is 6.54 Å². The summed E-state index contributed by atoms with van der Waals surface area (Å²) < 4.78 is 0. The van der Waals surface area contributed by atoms with Crippen LogP contribution in [-0.4, -0.2) is 31.1 Å². The average Bonchev–Trinajstić information content (AvgIpc) is 3.17. The van der Waals surface area contributed by atoms with Crippen molar-refractivity contribution in [2.24, 2.45) is 10.9 Å². The number of nitrogens with zero attached hydrogens (tertiary/aromatic N) is 3. The molecule has 0 spiro atoms. The van der Waals surface area contributed by atoms with Gasteiger partial charge in [0.1, 0.15) is 5.82 Å². The molecule has 0 unspecified atom stereocenters. The molecule has 1 aliphatic heterocycles. The summed E-state index contributed by atoms with van der Waals surface area (Å²) in [6.45, 7) is 8.27. The fraction of sp³-hybridized carbons (Fsp3) is 0.524. The lowest BCUT2D eigenvalue weighted by molar-refractivity contribution is 0.436. The highest BCUT2D eigenvalue weighted by atomic mass is 32.1. The van der Waals surface area contributed by atoms with Crippen LogP contribution in [0.1, 0.15) is 42.0 Å². The van der Waals surface area contributed by atoms with Crippen molar-refractivity contribution in [1.29, 1.82) is 0 Å². The summed E-state index contributed by atoms with van der Waals surface area (Å²) in [5.41, 5.74) is 1.16. The highest BCUT2D eigenvalue weighted by Gasteiger charge is 2.16. The zero-order valence-electron chi connectivity index (χ0n) is 16.7. The molecule has 0 bridgehead atoms. The third-order valence-corrected chi connectivity index (χ3v) is 6.33. The second-order valence-corrected chi connectivity index (χ2v) is 8.45. The molecular formula is C21H31N5S. The lowest BCUT2D eigenvalue weighted by Crippen LogP contribution is -2.36. The molecule has 2 aromatic rings. The molecule has 0 aromatic carbocycles. The van der Waals surface area contributed by atoms with Crippen molar-refractivity contribution < 1.29 is 0 Å². The first-order chi connectivity index (χ1) is 13.2. The summed E-state index contributed by atoms with van der Waals surface area (Å²) in [4.78, 5) is 14.1. The van der Waals surface area contributed by atoms with E-state index < -0.39 is 0 Å². The zero-order chi connectivity index (χ0) is 19.1. The molecule has 0 saturated carbocycles. The lowest BCUT2D eigenvalue weighted by Gasteiger charge is -2.31. The lowest BCUT2D eigenvalue weighted by atomic mass is 9.99. The SMILES string of the molecule is CCc1ccc(CNC(=NC)NCc2ccc(N3CCC(C)CC3)nc2)s1. The number of aliphatic imine (C=N–C) groups is 1. The summed E-state index contributed by atoms with van der Waals surface area (Å²) in [5.74, 6) is 2.75. The van der Waals surface area contributed by atoms with Gasteiger partial charge in [0.15, 0.2) is 5.96 Å². The topological polar surface area (TPSA) is 52.6 Å². The molecule has 3 heterocycles. The Kier molecular flexibility index (Phi) is 7.10. The molecule has 1 fully saturated rings. The Morgan fingerprint density at radius 1 is 1.15 bits per heavy atom. The maximum absolute atomic E-state index is 4.66. The number of hydrogen-bond donors (Lipinski definition) is 2. The van der Waals surface area contributed by atoms with Crippen LogP contribution in [0.15, 0.2) is 35.5 Å². The number of anilines is 1. The number of piperidine rings is 1. The van der Waals surface area contributed by atoms with Crippen LogP contribution in [0.3, 0.4) is 0 Å². The normalized spacial score (nSPS) is 15.8. The van der Waals surface area contributed by atoms with Gasteiger partial charge in [-0.05, 0) is 48.9 Å². The Hall–Kier alpha value is -2.08. The molecule has 0 atom stereocenters.